The van der Waals surface area contributed by atoms with E-state index in [0.717, 1.165) is 5.56 Å². The Hall–Kier alpha value is -3.98. The molecule has 4 rings (SSSR count). The first-order valence-electron chi connectivity index (χ1n) is 10.0. The number of benzene rings is 2. The zero-order valence-corrected chi connectivity index (χ0v) is 18.4. The van der Waals surface area contributed by atoms with E-state index in [4.69, 9.17) is 9.15 Å². The van der Waals surface area contributed by atoms with Crippen molar-refractivity contribution in [1.29, 1.82) is 0 Å². The molecule has 2 heterocycles. The molecule has 0 aliphatic rings. The third-order valence-electron chi connectivity index (χ3n) is 4.59. The van der Waals surface area contributed by atoms with Gasteiger partial charge in [0.1, 0.15) is 29.6 Å². The fourth-order valence-corrected chi connectivity index (χ4v) is 3.65. The number of ether oxygens (including phenoxy) is 1. The number of anilines is 1. The minimum atomic E-state index is -0.364. The van der Waals surface area contributed by atoms with E-state index in [-0.39, 0.29) is 30.8 Å². The molecule has 9 heteroatoms. The number of carbonyl (C=O) groups excluding carboxylic acids is 2. The summed E-state index contributed by atoms with van der Waals surface area (Å²) in [6.45, 7) is 1.92. The van der Waals surface area contributed by atoms with Crippen LogP contribution in [0.15, 0.2) is 70.5 Å². The Morgan fingerprint density at radius 2 is 1.88 bits per heavy atom. The summed E-state index contributed by atoms with van der Waals surface area (Å²) in [5.74, 6) is 0.718. The second-order valence-electron chi connectivity index (χ2n) is 7.08. The van der Waals surface area contributed by atoms with E-state index < -0.39 is 0 Å². The van der Waals surface area contributed by atoms with Gasteiger partial charge in [0.05, 0.1) is 12.1 Å². The van der Waals surface area contributed by atoms with Gasteiger partial charge in [-0.25, -0.2) is 9.37 Å². The number of carbonyl (C=O) groups is 2. The maximum atomic E-state index is 13.1. The molecule has 33 heavy (non-hydrogen) atoms. The average molecular weight is 466 g/mol. The molecule has 0 saturated carbocycles. The van der Waals surface area contributed by atoms with Crippen LogP contribution in [-0.2, 0) is 17.9 Å². The summed E-state index contributed by atoms with van der Waals surface area (Å²) in [5.41, 5.74) is 1.71. The second kappa shape index (κ2) is 10.1. The lowest BCUT2D eigenvalue weighted by atomic mass is 10.2. The highest BCUT2D eigenvalue weighted by Gasteiger charge is 2.16. The first-order chi connectivity index (χ1) is 16.0. The van der Waals surface area contributed by atoms with Crippen LogP contribution in [0.4, 0.5) is 9.52 Å². The maximum absolute atomic E-state index is 13.1. The number of thiazole rings is 1. The SMILES string of the molecule is CC(=O)NCc1ccc(-c2csc(NC(=O)c3ccccc3OCc3ccc(F)cc3)n2)o1. The van der Waals surface area contributed by atoms with Gasteiger partial charge < -0.3 is 14.5 Å². The van der Waals surface area contributed by atoms with E-state index >= 15 is 0 Å². The quantitative estimate of drug-likeness (QED) is 0.382. The van der Waals surface area contributed by atoms with Crippen LogP contribution in [0.3, 0.4) is 0 Å². The van der Waals surface area contributed by atoms with Crippen molar-refractivity contribution in [3.8, 4) is 17.2 Å². The Balaban J connectivity index is 1.41. The normalized spacial score (nSPS) is 10.6. The Morgan fingerprint density at radius 3 is 2.67 bits per heavy atom. The summed E-state index contributed by atoms with van der Waals surface area (Å²) < 4.78 is 24.6. The van der Waals surface area contributed by atoms with Crippen LogP contribution in [0.2, 0.25) is 0 Å². The van der Waals surface area contributed by atoms with Crippen molar-refractivity contribution in [2.45, 2.75) is 20.1 Å². The van der Waals surface area contributed by atoms with Crippen molar-refractivity contribution in [3.05, 3.63) is 88.7 Å². The molecule has 0 bridgehead atoms. The summed E-state index contributed by atoms with van der Waals surface area (Å²) in [7, 11) is 0. The number of hydrogen-bond donors (Lipinski definition) is 2. The third kappa shape index (κ3) is 5.83. The number of halogens is 1. The van der Waals surface area contributed by atoms with Gasteiger partial charge in [-0.05, 0) is 42.0 Å². The molecule has 7 nitrogen and oxygen atoms in total. The van der Waals surface area contributed by atoms with Crippen LogP contribution >= 0.6 is 11.3 Å². The molecule has 0 radical (unpaired) electrons. The first kappa shape index (κ1) is 22.2. The first-order valence-corrected chi connectivity index (χ1v) is 10.9. The number of nitrogens with one attached hydrogen (secondary N) is 2. The van der Waals surface area contributed by atoms with E-state index in [1.54, 1.807) is 53.9 Å². The minimum Gasteiger partial charge on any atom is -0.488 e. The fraction of sp³-hybridized carbons (Fsp3) is 0.125. The molecule has 2 N–H and O–H groups in total. The van der Waals surface area contributed by atoms with Crippen molar-refractivity contribution in [3.63, 3.8) is 0 Å². The molecule has 2 aromatic carbocycles. The number of rotatable bonds is 8. The highest BCUT2D eigenvalue weighted by molar-refractivity contribution is 7.14. The number of amides is 2. The Labute approximate surface area is 193 Å². The Kier molecular flexibility index (Phi) is 6.80. The molecule has 0 aliphatic carbocycles. The molecule has 2 aromatic heterocycles. The van der Waals surface area contributed by atoms with E-state index in [1.165, 1.54) is 30.4 Å². The zero-order valence-electron chi connectivity index (χ0n) is 17.6. The summed E-state index contributed by atoms with van der Waals surface area (Å²) in [6, 6.07) is 16.4. The van der Waals surface area contributed by atoms with Gasteiger partial charge in [-0.2, -0.15) is 0 Å². The van der Waals surface area contributed by atoms with Crippen LogP contribution in [0, 0.1) is 5.82 Å². The van der Waals surface area contributed by atoms with Crippen LogP contribution < -0.4 is 15.4 Å². The monoisotopic (exact) mass is 465 g/mol. The number of furan rings is 1. The molecular formula is C24H20FN3O4S. The number of hydrogen-bond acceptors (Lipinski definition) is 6. The van der Waals surface area contributed by atoms with Gasteiger partial charge in [-0.1, -0.05) is 24.3 Å². The van der Waals surface area contributed by atoms with Gasteiger partial charge in [0.15, 0.2) is 10.9 Å². The predicted octanol–water partition coefficient (Wildman–Crippen LogP) is 5.01. The average Bonchev–Trinajstić information content (AvgIpc) is 3.47. The Bertz CT molecular complexity index is 1270. The summed E-state index contributed by atoms with van der Waals surface area (Å²) in [4.78, 5) is 28.3. The largest absolute Gasteiger partial charge is 0.488 e. The highest BCUT2D eigenvalue weighted by atomic mass is 32.1. The predicted molar refractivity (Wildman–Crippen MR) is 122 cm³/mol. The molecule has 168 valence electrons. The molecule has 0 saturated heterocycles. The van der Waals surface area contributed by atoms with E-state index in [2.05, 4.69) is 15.6 Å². The van der Waals surface area contributed by atoms with Crippen LogP contribution in [0.5, 0.6) is 5.75 Å². The van der Waals surface area contributed by atoms with E-state index in [0.29, 0.717) is 33.7 Å². The van der Waals surface area contributed by atoms with Crippen LogP contribution in [0.25, 0.3) is 11.5 Å². The number of nitrogens with zero attached hydrogens (tertiary/aromatic N) is 1. The minimum absolute atomic E-state index is 0.145. The van der Waals surface area contributed by atoms with Crippen molar-refractivity contribution in [2.75, 3.05) is 5.32 Å². The van der Waals surface area contributed by atoms with Crippen molar-refractivity contribution < 1.29 is 23.1 Å². The van der Waals surface area contributed by atoms with Crippen molar-refractivity contribution in [2.24, 2.45) is 0 Å². The summed E-state index contributed by atoms with van der Waals surface area (Å²) >= 11 is 1.26. The summed E-state index contributed by atoms with van der Waals surface area (Å²) in [5, 5.41) is 7.63. The molecule has 0 atom stereocenters. The molecule has 4 aromatic rings. The maximum Gasteiger partial charge on any atom is 0.261 e. The van der Waals surface area contributed by atoms with Gasteiger partial charge in [0, 0.05) is 12.3 Å². The number of aromatic nitrogens is 1. The van der Waals surface area contributed by atoms with Gasteiger partial charge in [0.25, 0.3) is 5.91 Å². The van der Waals surface area contributed by atoms with Gasteiger partial charge in [-0.3, -0.25) is 14.9 Å². The van der Waals surface area contributed by atoms with Crippen LogP contribution in [0.1, 0.15) is 28.6 Å². The Morgan fingerprint density at radius 1 is 1.09 bits per heavy atom. The summed E-state index contributed by atoms with van der Waals surface area (Å²) in [6.07, 6.45) is 0. The molecule has 2 amide bonds. The topological polar surface area (TPSA) is 93.5 Å². The highest BCUT2D eigenvalue weighted by Crippen LogP contribution is 2.28. The molecule has 0 fully saturated rings. The molecular weight excluding hydrogens is 445 g/mol. The molecule has 0 unspecified atom stereocenters. The standard InChI is InChI=1S/C24H20FN3O4S/c1-15(29)26-12-18-10-11-22(32-18)20-14-33-24(27-20)28-23(30)19-4-2-3-5-21(19)31-13-16-6-8-17(25)9-7-16/h2-11,14H,12-13H2,1H3,(H,26,29)(H,27,28,30). The molecule has 0 aliphatic heterocycles. The van der Waals surface area contributed by atoms with Gasteiger partial charge in [0.2, 0.25) is 5.91 Å². The number of para-hydroxylation sites is 1. The van der Waals surface area contributed by atoms with E-state index in [1.807, 2.05) is 0 Å². The van der Waals surface area contributed by atoms with Gasteiger partial charge in [-0.15, -0.1) is 11.3 Å². The lowest BCUT2D eigenvalue weighted by Crippen LogP contribution is -2.18. The second-order valence-corrected chi connectivity index (χ2v) is 7.94. The lowest BCUT2D eigenvalue weighted by molar-refractivity contribution is -0.119. The zero-order chi connectivity index (χ0) is 23.2. The van der Waals surface area contributed by atoms with E-state index in [9.17, 15) is 14.0 Å². The third-order valence-corrected chi connectivity index (χ3v) is 5.35. The van der Waals surface area contributed by atoms with Crippen LogP contribution in [-0.4, -0.2) is 16.8 Å². The smallest absolute Gasteiger partial charge is 0.261 e. The van der Waals surface area contributed by atoms with Crippen molar-refractivity contribution >= 4 is 28.3 Å². The lowest BCUT2D eigenvalue weighted by Gasteiger charge is -2.11. The molecule has 0 spiro atoms. The fourth-order valence-electron chi connectivity index (χ4n) is 2.95. The van der Waals surface area contributed by atoms with Gasteiger partial charge >= 0.3 is 0 Å². The van der Waals surface area contributed by atoms with Crippen molar-refractivity contribution in [1.82, 2.24) is 10.3 Å².